The molecule has 25 heavy (non-hydrogen) atoms. The van der Waals surface area contributed by atoms with E-state index in [0.29, 0.717) is 25.9 Å². The summed E-state index contributed by atoms with van der Waals surface area (Å²) in [6.07, 6.45) is -1.82. The summed E-state index contributed by atoms with van der Waals surface area (Å²) in [5, 5.41) is 0. The third-order valence-electron chi connectivity index (χ3n) is 3.34. The van der Waals surface area contributed by atoms with Crippen LogP contribution in [-0.2, 0) is 9.32 Å². The maximum absolute atomic E-state index is 13.2. The molecule has 0 amide bonds. The van der Waals surface area contributed by atoms with Crippen molar-refractivity contribution in [2.24, 2.45) is 0 Å². The zero-order valence-electron chi connectivity index (χ0n) is 14.1. The molecule has 0 aromatic rings. The Balaban J connectivity index is 4.80. The molecule has 0 fully saturated rings. The number of carbonyl (C=O) groups is 1. The van der Waals surface area contributed by atoms with Gasteiger partial charge in [0.05, 0.1) is 0 Å². The van der Waals surface area contributed by atoms with Crippen molar-refractivity contribution in [2.45, 2.75) is 70.4 Å². The minimum Gasteiger partial charge on any atom is -0.427 e. The summed E-state index contributed by atoms with van der Waals surface area (Å²) in [6.45, 7) is 4.63. The Hall–Kier alpha value is -0.630. The van der Waals surface area contributed by atoms with Crippen molar-refractivity contribution in [3.8, 4) is 0 Å². The highest BCUT2D eigenvalue weighted by Gasteiger charge is 2.77. The molecule has 1 unspecified atom stereocenters. The monoisotopic (exact) mass is 401 g/mol. The van der Waals surface area contributed by atoms with Crippen molar-refractivity contribution in [1.82, 2.24) is 4.67 Å². The Kier molecular flexibility index (Phi) is 10.2. The molecule has 0 N–H and O–H groups in total. The van der Waals surface area contributed by atoms with Gasteiger partial charge in [-0.3, -0.25) is 4.67 Å². The van der Waals surface area contributed by atoms with Crippen LogP contribution in [0.3, 0.4) is 0 Å². The fourth-order valence-electron chi connectivity index (χ4n) is 1.78. The molecule has 0 bridgehead atoms. The third-order valence-corrected chi connectivity index (χ3v) is 4.32. The van der Waals surface area contributed by atoms with Crippen LogP contribution in [0.15, 0.2) is 0 Å². The first kappa shape index (κ1) is 24.4. The number of hydrogen-bond acceptors (Lipinski definition) is 3. The van der Waals surface area contributed by atoms with Crippen LogP contribution < -0.4 is 0 Å². The minimum absolute atomic E-state index is 0.379. The number of halogens is 7. The zero-order valence-corrected chi connectivity index (χ0v) is 15.1. The van der Waals surface area contributed by atoms with Gasteiger partial charge < -0.3 is 4.52 Å². The van der Waals surface area contributed by atoms with Gasteiger partial charge in [-0.2, -0.15) is 30.7 Å². The highest BCUT2D eigenvalue weighted by molar-refractivity contribution is 7.30. The first-order chi connectivity index (χ1) is 11.4. The van der Waals surface area contributed by atoms with Gasteiger partial charge in [0.1, 0.15) is 0 Å². The summed E-state index contributed by atoms with van der Waals surface area (Å²) < 4.78 is 93.7. The second kappa shape index (κ2) is 10.5. The van der Waals surface area contributed by atoms with E-state index in [9.17, 15) is 35.5 Å². The summed E-state index contributed by atoms with van der Waals surface area (Å²) >= 11 is 0. The van der Waals surface area contributed by atoms with Crippen LogP contribution in [-0.4, -0.2) is 41.8 Å². The van der Waals surface area contributed by atoms with E-state index >= 15 is 0 Å². The van der Waals surface area contributed by atoms with Crippen molar-refractivity contribution >= 4 is 14.9 Å². The summed E-state index contributed by atoms with van der Waals surface area (Å²) in [5.41, 5.74) is 0. The van der Waals surface area contributed by atoms with Gasteiger partial charge in [-0.1, -0.05) is 39.5 Å². The molecule has 1 atom stereocenters. The molecule has 0 rings (SSSR count). The molecule has 150 valence electrons. The lowest BCUT2D eigenvalue weighted by Crippen LogP contribution is -2.56. The molecule has 0 aliphatic carbocycles. The van der Waals surface area contributed by atoms with E-state index in [1.54, 1.807) is 0 Å². The van der Waals surface area contributed by atoms with Crippen LogP contribution in [0.25, 0.3) is 0 Å². The van der Waals surface area contributed by atoms with Crippen LogP contribution in [0.2, 0.25) is 0 Å². The molecule has 0 heterocycles. The van der Waals surface area contributed by atoms with Gasteiger partial charge in [0.2, 0.25) is 0 Å². The summed E-state index contributed by atoms with van der Waals surface area (Å²) in [6, 6.07) is 0. The Morgan fingerprint density at radius 2 is 1.32 bits per heavy atom. The van der Waals surface area contributed by atoms with Gasteiger partial charge in [0.15, 0.2) is 8.96 Å². The molecule has 0 saturated carbocycles. The average molecular weight is 401 g/mol. The Labute approximate surface area is 144 Å². The quantitative estimate of drug-likeness (QED) is 0.244. The number of carbonyl (C=O) groups excluding carboxylic acids is 1. The van der Waals surface area contributed by atoms with E-state index in [1.807, 2.05) is 13.8 Å². The van der Waals surface area contributed by atoms with Gasteiger partial charge in [-0.25, -0.2) is 4.79 Å². The van der Waals surface area contributed by atoms with Gasteiger partial charge in [0, 0.05) is 13.1 Å². The maximum Gasteiger partial charge on any atom is 0.460 e. The molecule has 0 spiro atoms. The van der Waals surface area contributed by atoms with Crippen LogP contribution in [0.1, 0.15) is 52.4 Å². The van der Waals surface area contributed by atoms with E-state index < -0.39 is 32.9 Å². The fourth-order valence-corrected chi connectivity index (χ4v) is 2.62. The first-order valence-corrected chi connectivity index (χ1v) is 8.81. The molecular weight excluding hydrogens is 378 g/mol. The second-order valence-electron chi connectivity index (χ2n) is 5.53. The topological polar surface area (TPSA) is 29.5 Å². The zero-order chi connectivity index (χ0) is 19.7. The number of hydrogen-bond donors (Lipinski definition) is 0. The van der Waals surface area contributed by atoms with Crippen molar-refractivity contribution in [1.29, 1.82) is 0 Å². The van der Waals surface area contributed by atoms with Gasteiger partial charge in [-0.15, -0.1) is 0 Å². The van der Waals surface area contributed by atoms with Gasteiger partial charge >= 0.3 is 24.0 Å². The number of nitrogens with zero attached hydrogens (tertiary/aromatic N) is 1. The third kappa shape index (κ3) is 7.25. The normalized spacial score (nSPS) is 13.8. The molecule has 0 saturated heterocycles. The Morgan fingerprint density at radius 3 is 1.68 bits per heavy atom. The smallest absolute Gasteiger partial charge is 0.427 e. The second-order valence-corrected chi connectivity index (χ2v) is 6.55. The van der Waals surface area contributed by atoms with Gasteiger partial charge in [0.25, 0.3) is 0 Å². The SMILES string of the molecule is CCCCCN(CCCCC)POC(=O)C(F)(F)C(F)(F)C(F)(F)F. The van der Waals surface area contributed by atoms with Crippen molar-refractivity contribution in [2.75, 3.05) is 13.1 Å². The molecule has 3 nitrogen and oxygen atoms in total. The van der Waals surface area contributed by atoms with Crippen LogP contribution in [0.5, 0.6) is 0 Å². The Bertz CT molecular complexity index is 395. The summed E-state index contributed by atoms with van der Waals surface area (Å²) in [4.78, 5) is 11.2. The molecule has 0 aromatic heterocycles. The van der Waals surface area contributed by atoms with Crippen LogP contribution in [0.4, 0.5) is 30.7 Å². The standard InChI is InChI=1S/C14H23F7NO2P/c1-3-5-7-9-22(10-8-6-4-2)25-24-11(23)12(15,16)13(17,18)14(19,20)21/h25H,3-10H2,1-2H3. The van der Waals surface area contributed by atoms with E-state index in [1.165, 1.54) is 4.67 Å². The molecule has 0 aromatic carbocycles. The molecule has 11 heteroatoms. The van der Waals surface area contributed by atoms with Crippen molar-refractivity contribution < 1.29 is 40.1 Å². The molecular formula is C14H23F7NO2P. The van der Waals surface area contributed by atoms with E-state index in [4.69, 9.17) is 0 Å². The van der Waals surface area contributed by atoms with Crippen LogP contribution in [0, 0.1) is 0 Å². The van der Waals surface area contributed by atoms with Crippen molar-refractivity contribution in [3.63, 3.8) is 0 Å². The lowest BCUT2D eigenvalue weighted by atomic mass is 10.1. The number of alkyl halides is 7. The first-order valence-electron chi connectivity index (χ1n) is 7.96. The largest absolute Gasteiger partial charge is 0.460 e. The van der Waals surface area contributed by atoms with E-state index in [0.717, 1.165) is 25.7 Å². The van der Waals surface area contributed by atoms with Gasteiger partial charge in [-0.05, 0) is 12.8 Å². The van der Waals surface area contributed by atoms with E-state index in [-0.39, 0.29) is 0 Å². The Morgan fingerprint density at radius 1 is 0.880 bits per heavy atom. The lowest BCUT2D eigenvalue weighted by molar-refractivity contribution is -0.346. The number of unbranched alkanes of at least 4 members (excludes halogenated alkanes) is 4. The highest BCUT2D eigenvalue weighted by Crippen LogP contribution is 2.47. The van der Waals surface area contributed by atoms with Crippen molar-refractivity contribution in [3.05, 3.63) is 0 Å². The fraction of sp³-hybridized carbons (Fsp3) is 0.929. The lowest BCUT2D eigenvalue weighted by Gasteiger charge is -2.27. The minimum atomic E-state index is -6.55. The predicted molar refractivity (Wildman–Crippen MR) is 81.0 cm³/mol. The molecule has 0 aliphatic heterocycles. The summed E-state index contributed by atoms with van der Waals surface area (Å²) in [7, 11) is -1.03. The van der Waals surface area contributed by atoms with E-state index in [2.05, 4.69) is 4.52 Å². The molecule has 0 aliphatic rings. The highest BCUT2D eigenvalue weighted by atomic mass is 31.1. The van der Waals surface area contributed by atoms with Crippen LogP contribution >= 0.6 is 8.96 Å². The maximum atomic E-state index is 13.2. The molecule has 0 radical (unpaired) electrons. The summed E-state index contributed by atoms with van der Waals surface area (Å²) in [5.74, 6) is -15.3. The average Bonchev–Trinajstić information content (AvgIpc) is 2.50. The predicted octanol–water partition coefficient (Wildman–Crippen LogP) is 5.55. The number of rotatable bonds is 12.